The first-order chi connectivity index (χ1) is 11.2. The van der Waals surface area contributed by atoms with Gasteiger partial charge < -0.3 is 18.9 Å². The van der Waals surface area contributed by atoms with Crippen LogP contribution in [0, 0.1) is 0 Å². The van der Waals surface area contributed by atoms with Crippen molar-refractivity contribution in [1.82, 2.24) is 14.5 Å². The molecular weight excluding hydrogens is 294 g/mol. The minimum atomic E-state index is 0.118. The van der Waals surface area contributed by atoms with Crippen molar-refractivity contribution in [3.8, 4) is 11.5 Å². The number of hydrogen-bond acceptors (Lipinski definition) is 4. The Morgan fingerprint density at radius 1 is 1.35 bits per heavy atom. The molecule has 6 heteroatoms. The van der Waals surface area contributed by atoms with Gasteiger partial charge in [-0.15, -0.1) is 0 Å². The van der Waals surface area contributed by atoms with Gasteiger partial charge in [0, 0.05) is 37.0 Å². The molecule has 1 saturated heterocycles. The predicted octanol–water partition coefficient (Wildman–Crippen LogP) is 1.92. The van der Waals surface area contributed by atoms with E-state index >= 15 is 0 Å². The van der Waals surface area contributed by atoms with Gasteiger partial charge in [0.25, 0.3) is 0 Å². The van der Waals surface area contributed by atoms with Gasteiger partial charge >= 0.3 is 0 Å². The first-order valence-electron chi connectivity index (χ1n) is 7.66. The number of aromatic nitrogens is 2. The molecule has 23 heavy (non-hydrogen) atoms. The molecule has 2 heterocycles. The molecular formula is C17H21N3O3. The number of rotatable bonds is 5. The number of imidazole rings is 1. The van der Waals surface area contributed by atoms with Crippen molar-refractivity contribution in [2.75, 3.05) is 27.3 Å². The van der Waals surface area contributed by atoms with Crippen molar-refractivity contribution in [1.29, 1.82) is 0 Å². The van der Waals surface area contributed by atoms with E-state index in [1.54, 1.807) is 37.5 Å². The van der Waals surface area contributed by atoms with Gasteiger partial charge in [0.15, 0.2) is 0 Å². The van der Waals surface area contributed by atoms with Gasteiger partial charge in [-0.05, 0) is 24.6 Å². The maximum absolute atomic E-state index is 12.4. The summed E-state index contributed by atoms with van der Waals surface area (Å²) in [7, 11) is 3.32. The second-order valence-corrected chi connectivity index (χ2v) is 5.67. The number of ether oxygens (including phenoxy) is 2. The molecule has 1 atom stereocenters. The van der Waals surface area contributed by atoms with E-state index in [0.29, 0.717) is 13.1 Å². The van der Waals surface area contributed by atoms with Crippen LogP contribution in [0.2, 0.25) is 0 Å². The molecule has 3 rings (SSSR count). The van der Waals surface area contributed by atoms with Gasteiger partial charge in [0.05, 0.1) is 20.5 Å². The zero-order valence-electron chi connectivity index (χ0n) is 13.4. The van der Waals surface area contributed by atoms with E-state index in [1.807, 2.05) is 23.1 Å². The Bertz CT molecular complexity index is 670. The van der Waals surface area contributed by atoms with Gasteiger partial charge in [-0.3, -0.25) is 4.79 Å². The van der Waals surface area contributed by atoms with Gasteiger partial charge in [-0.25, -0.2) is 4.98 Å². The molecule has 0 unspecified atom stereocenters. The lowest BCUT2D eigenvalue weighted by atomic mass is 9.97. The third-order valence-corrected chi connectivity index (χ3v) is 4.29. The van der Waals surface area contributed by atoms with Crippen LogP contribution < -0.4 is 9.47 Å². The number of nitrogens with zero attached hydrogens (tertiary/aromatic N) is 3. The van der Waals surface area contributed by atoms with Crippen LogP contribution in [0.5, 0.6) is 11.5 Å². The Kier molecular flexibility index (Phi) is 4.50. The lowest BCUT2D eigenvalue weighted by molar-refractivity contribution is -0.130. The van der Waals surface area contributed by atoms with Crippen LogP contribution in [-0.2, 0) is 11.3 Å². The fourth-order valence-corrected chi connectivity index (χ4v) is 3.04. The minimum absolute atomic E-state index is 0.118. The van der Waals surface area contributed by atoms with Crippen LogP contribution in [-0.4, -0.2) is 47.7 Å². The van der Waals surface area contributed by atoms with E-state index in [4.69, 9.17) is 9.47 Å². The van der Waals surface area contributed by atoms with Crippen molar-refractivity contribution in [3.63, 3.8) is 0 Å². The molecule has 1 amide bonds. The fraction of sp³-hybridized carbons (Fsp3) is 0.412. The number of hydrogen-bond donors (Lipinski definition) is 0. The highest BCUT2D eigenvalue weighted by Crippen LogP contribution is 2.36. The summed E-state index contributed by atoms with van der Waals surface area (Å²) in [6.45, 7) is 1.80. The van der Waals surface area contributed by atoms with Crippen molar-refractivity contribution < 1.29 is 14.3 Å². The largest absolute Gasteiger partial charge is 0.497 e. The molecule has 0 bridgehead atoms. The van der Waals surface area contributed by atoms with Crippen LogP contribution >= 0.6 is 0 Å². The SMILES string of the molecule is COc1ccc(OC)c([C@H]2CCN(C(=O)Cn3ccnc3)C2)c1. The van der Waals surface area contributed by atoms with E-state index in [2.05, 4.69) is 4.98 Å². The molecule has 0 saturated carbocycles. The average Bonchev–Trinajstić information content (AvgIpc) is 3.25. The topological polar surface area (TPSA) is 56.6 Å². The maximum atomic E-state index is 12.4. The molecule has 122 valence electrons. The molecule has 1 aliphatic rings. The van der Waals surface area contributed by atoms with Crippen LogP contribution in [0.3, 0.4) is 0 Å². The lowest BCUT2D eigenvalue weighted by Crippen LogP contribution is -2.31. The van der Waals surface area contributed by atoms with Gasteiger partial charge in [-0.2, -0.15) is 0 Å². The molecule has 0 spiro atoms. The molecule has 0 radical (unpaired) electrons. The molecule has 1 aromatic heterocycles. The third kappa shape index (κ3) is 3.31. The quantitative estimate of drug-likeness (QED) is 0.846. The maximum Gasteiger partial charge on any atom is 0.242 e. The Hall–Kier alpha value is -2.50. The summed E-state index contributed by atoms with van der Waals surface area (Å²) in [5.74, 6) is 2.04. The Labute approximate surface area is 135 Å². The number of amides is 1. The summed E-state index contributed by atoms with van der Waals surface area (Å²) in [5.41, 5.74) is 1.10. The first-order valence-corrected chi connectivity index (χ1v) is 7.66. The van der Waals surface area contributed by atoms with Crippen molar-refractivity contribution >= 4 is 5.91 Å². The summed E-state index contributed by atoms with van der Waals surface area (Å²) in [4.78, 5) is 18.3. The van der Waals surface area contributed by atoms with Gasteiger partial charge in [0.2, 0.25) is 5.91 Å². The monoisotopic (exact) mass is 315 g/mol. The number of benzene rings is 1. The Morgan fingerprint density at radius 3 is 2.91 bits per heavy atom. The highest BCUT2D eigenvalue weighted by Gasteiger charge is 2.29. The summed E-state index contributed by atoms with van der Waals surface area (Å²) >= 11 is 0. The van der Waals surface area contributed by atoms with E-state index in [-0.39, 0.29) is 11.8 Å². The van der Waals surface area contributed by atoms with E-state index in [0.717, 1.165) is 30.0 Å². The standard InChI is InChI=1S/C17H21N3O3/c1-22-14-3-4-16(23-2)15(9-14)13-5-7-20(10-13)17(21)11-19-8-6-18-12-19/h3-4,6,8-9,12-13H,5,7,10-11H2,1-2H3/t13-/m0/s1. The number of methoxy groups -OCH3 is 2. The number of likely N-dealkylation sites (tertiary alicyclic amines) is 1. The van der Waals surface area contributed by atoms with E-state index in [9.17, 15) is 4.79 Å². The smallest absolute Gasteiger partial charge is 0.242 e. The number of carbonyl (C=O) groups is 1. The molecule has 2 aromatic rings. The highest BCUT2D eigenvalue weighted by atomic mass is 16.5. The zero-order chi connectivity index (χ0) is 16.2. The molecule has 1 aliphatic heterocycles. The summed E-state index contributed by atoms with van der Waals surface area (Å²) in [6.07, 6.45) is 6.08. The summed E-state index contributed by atoms with van der Waals surface area (Å²) < 4.78 is 12.6. The van der Waals surface area contributed by atoms with E-state index in [1.165, 1.54) is 0 Å². The molecule has 1 aromatic carbocycles. The van der Waals surface area contributed by atoms with Crippen molar-refractivity contribution in [2.24, 2.45) is 0 Å². The van der Waals surface area contributed by atoms with Gasteiger partial charge in [-0.1, -0.05) is 0 Å². The van der Waals surface area contributed by atoms with Crippen LogP contribution in [0.15, 0.2) is 36.9 Å². The molecule has 1 fully saturated rings. The number of carbonyl (C=O) groups excluding carboxylic acids is 1. The second kappa shape index (κ2) is 6.73. The molecule has 0 N–H and O–H groups in total. The Balaban J connectivity index is 1.71. The van der Waals surface area contributed by atoms with Crippen LogP contribution in [0.4, 0.5) is 0 Å². The summed E-state index contributed by atoms with van der Waals surface area (Å²) in [5, 5.41) is 0. The molecule has 0 aliphatic carbocycles. The van der Waals surface area contributed by atoms with Crippen LogP contribution in [0.25, 0.3) is 0 Å². The minimum Gasteiger partial charge on any atom is -0.497 e. The van der Waals surface area contributed by atoms with E-state index < -0.39 is 0 Å². The second-order valence-electron chi connectivity index (χ2n) is 5.67. The fourth-order valence-electron chi connectivity index (χ4n) is 3.04. The predicted molar refractivity (Wildman–Crippen MR) is 85.7 cm³/mol. The third-order valence-electron chi connectivity index (χ3n) is 4.29. The molecule has 6 nitrogen and oxygen atoms in total. The average molecular weight is 315 g/mol. The van der Waals surface area contributed by atoms with Crippen molar-refractivity contribution in [3.05, 3.63) is 42.5 Å². The van der Waals surface area contributed by atoms with Gasteiger partial charge in [0.1, 0.15) is 18.0 Å². The Morgan fingerprint density at radius 2 is 2.22 bits per heavy atom. The van der Waals surface area contributed by atoms with Crippen molar-refractivity contribution in [2.45, 2.75) is 18.9 Å². The first kappa shape index (κ1) is 15.4. The zero-order valence-corrected chi connectivity index (χ0v) is 13.4. The van der Waals surface area contributed by atoms with Crippen LogP contribution in [0.1, 0.15) is 17.9 Å². The summed E-state index contributed by atoms with van der Waals surface area (Å²) in [6, 6.07) is 5.82. The lowest BCUT2D eigenvalue weighted by Gasteiger charge is -2.18. The normalized spacial score (nSPS) is 17.3. The highest BCUT2D eigenvalue weighted by molar-refractivity contribution is 5.76.